The van der Waals surface area contributed by atoms with E-state index in [1.54, 1.807) is 24.1 Å². The van der Waals surface area contributed by atoms with Gasteiger partial charge in [0, 0.05) is 13.7 Å². The number of halogens is 1. The summed E-state index contributed by atoms with van der Waals surface area (Å²) in [5.74, 6) is 0.392. The first-order chi connectivity index (χ1) is 9.16. The second-order valence-corrected chi connectivity index (χ2v) is 4.62. The van der Waals surface area contributed by atoms with E-state index in [0.717, 1.165) is 6.42 Å². The number of carbonyl (C=O) groups excluding carboxylic acids is 1. The number of amides is 1. The third-order valence-corrected chi connectivity index (χ3v) is 3.16. The van der Waals surface area contributed by atoms with Crippen LogP contribution in [0.3, 0.4) is 0 Å². The van der Waals surface area contributed by atoms with E-state index < -0.39 is 0 Å². The number of carbonyl (C=O) groups is 1. The molecule has 1 heterocycles. The highest BCUT2D eigenvalue weighted by Crippen LogP contribution is 2.15. The zero-order valence-corrected chi connectivity index (χ0v) is 11.0. The number of hydrogen-bond donors (Lipinski definition) is 0. The van der Waals surface area contributed by atoms with Gasteiger partial charge in [0.2, 0.25) is 5.91 Å². The largest absolute Gasteiger partial charge is 0.492 e. The van der Waals surface area contributed by atoms with Crippen LogP contribution in [0.2, 0.25) is 0 Å². The maximum Gasteiger partial charge on any atom is 0.227 e. The van der Waals surface area contributed by atoms with Gasteiger partial charge >= 0.3 is 0 Å². The van der Waals surface area contributed by atoms with Crippen molar-refractivity contribution in [3.05, 3.63) is 30.1 Å². The van der Waals surface area contributed by atoms with Gasteiger partial charge in [0.15, 0.2) is 0 Å². The van der Waals surface area contributed by atoms with Crippen molar-refractivity contribution in [1.82, 2.24) is 4.90 Å². The zero-order valence-electron chi connectivity index (χ0n) is 11.0. The van der Waals surface area contributed by atoms with Gasteiger partial charge in [-0.15, -0.1) is 0 Å². The maximum absolute atomic E-state index is 12.7. The van der Waals surface area contributed by atoms with Crippen molar-refractivity contribution in [2.45, 2.75) is 6.42 Å². The minimum absolute atomic E-state index is 0.0178. The van der Waals surface area contributed by atoms with Crippen LogP contribution in [0.1, 0.15) is 6.42 Å². The smallest absolute Gasteiger partial charge is 0.227 e. The molecule has 19 heavy (non-hydrogen) atoms. The average molecular weight is 267 g/mol. The summed E-state index contributed by atoms with van der Waals surface area (Å²) >= 11 is 0. The van der Waals surface area contributed by atoms with Gasteiger partial charge in [0.1, 0.15) is 18.2 Å². The Morgan fingerprint density at radius 1 is 1.47 bits per heavy atom. The number of nitrogens with zero attached hydrogens (tertiary/aromatic N) is 1. The van der Waals surface area contributed by atoms with E-state index in [1.807, 2.05) is 0 Å². The van der Waals surface area contributed by atoms with Crippen LogP contribution >= 0.6 is 0 Å². The number of benzene rings is 1. The lowest BCUT2D eigenvalue weighted by Gasteiger charge is -2.20. The molecule has 2 rings (SSSR count). The molecule has 1 amide bonds. The first-order valence-corrected chi connectivity index (χ1v) is 6.38. The second-order valence-electron chi connectivity index (χ2n) is 4.62. The SMILES string of the molecule is CN(CCOc1ccc(F)cc1)C(=O)C1CCOC1. The molecule has 1 saturated heterocycles. The highest BCUT2D eigenvalue weighted by Gasteiger charge is 2.25. The van der Waals surface area contributed by atoms with Crippen LogP contribution in [0.5, 0.6) is 5.75 Å². The number of likely N-dealkylation sites (N-methyl/N-ethyl adjacent to an activating group) is 1. The standard InChI is InChI=1S/C14H18FNO3/c1-16(14(17)11-6-8-18-10-11)7-9-19-13-4-2-12(15)3-5-13/h2-5,11H,6-10H2,1H3. The van der Waals surface area contributed by atoms with Crippen LogP contribution in [0, 0.1) is 11.7 Å². The van der Waals surface area contributed by atoms with E-state index in [-0.39, 0.29) is 17.6 Å². The van der Waals surface area contributed by atoms with Gasteiger partial charge in [-0.3, -0.25) is 4.79 Å². The summed E-state index contributed by atoms with van der Waals surface area (Å²) < 4.78 is 23.3. The molecule has 0 aromatic heterocycles. The van der Waals surface area contributed by atoms with Crippen LogP contribution in [0.4, 0.5) is 4.39 Å². The summed E-state index contributed by atoms with van der Waals surface area (Å²) in [6, 6.07) is 5.84. The third kappa shape index (κ3) is 3.92. The van der Waals surface area contributed by atoms with Crippen molar-refractivity contribution in [3.63, 3.8) is 0 Å². The second kappa shape index (κ2) is 6.52. The van der Waals surface area contributed by atoms with Gasteiger partial charge in [-0.1, -0.05) is 0 Å². The van der Waals surface area contributed by atoms with Crippen LogP contribution in [-0.4, -0.2) is 44.2 Å². The molecule has 1 aliphatic rings. The lowest BCUT2D eigenvalue weighted by molar-refractivity contribution is -0.134. The fourth-order valence-corrected chi connectivity index (χ4v) is 1.98. The van der Waals surface area contributed by atoms with E-state index in [0.29, 0.717) is 32.1 Å². The summed E-state index contributed by atoms with van der Waals surface area (Å²) in [4.78, 5) is 13.6. The van der Waals surface area contributed by atoms with Crippen molar-refractivity contribution in [2.24, 2.45) is 5.92 Å². The quantitative estimate of drug-likeness (QED) is 0.815. The summed E-state index contributed by atoms with van der Waals surface area (Å²) in [6.07, 6.45) is 0.794. The van der Waals surface area contributed by atoms with Gasteiger partial charge in [0.05, 0.1) is 19.1 Å². The lowest BCUT2D eigenvalue weighted by atomic mass is 10.1. The average Bonchev–Trinajstić information content (AvgIpc) is 2.94. The number of rotatable bonds is 5. The Hall–Kier alpha value is -1.62. The normalized spacial score (nSPS) is 18.3. The van der Waals surface area contributed by atoms with Crippen LogP contribution < -0.4 is 4.74 Å². The van der Waals surface area contributed by atoms with E-state index in [9.17, 15) is 9.18 Å². The predicted molar refractivity (Wildman–Crippen MR) is 68.5 cm³/mol. The maximum atomic E-state index is 12.7. The number of hydrogen-bond acceptors (Lipinski definition) is 3. The molecule has 1 fully saturated rings. The summed E-state index contributed by atoms with van der Waals surface area (Å²) in [5.41, 5.74) is 0. The molecule has 1 atom stereocenters. The van der Waals surface area contributed by atoms with Crippen LogP contribution in [0.25, 0.3) is 0 Å². The molecular formula is C14H18FNO3. The molecule has 1 unspecified atom stereocenters. The lowest BCUT2D eigenvalue weighted by Crippen LogP contribution is -2.36. The first kappa shape index (κ1) is 13.8. The molecule has 5 heteroatoms. The van der Waals surface area contributed by atoms with Crippen LogP contribution in [0.15, 0.2) is 24.3 Å². The Morgan fingerprint density at radius 2 is 2.21 bits per heavy atom. The summed E-state index contributed by atoms with van der Waals surface area (Å²) in [7, 11) is 1.76. The highest BCUT2D eigenvalue weighted by atomic mass is 19.1. The summed E-state index contributed by atoms with van der Waals surface area (Å²) in [5, 5.41) is 0. The van der Waals surface area contributed by atoms with Crippen molar-refractivity contribution in [1.29, 1.82) is 0 Å². The van der Waals surface area contributed by atoms with Gasteiger partial charge in [-0.25, -0.2) is 4.39 Å². The van der Waals surface area contributed by atoms with Crippen molar-refractivity contribution < 1.29 is 18.7 Å². The van der Waals surface area contributed by atoms with Gasteiger partial charge in [0.25, 0.3) is 0 Å². The molecule has 0 spiro atoms. The molecule has 0 aliphatic carbocycles. The molecule has 4 nitrogen and oxygen atoms in total. The number of ether oxygens (including phenoxy) is 2. The van der Waals surface area contributed by atoms with Gasteiger partial charge < -0.3 is 14.4 Å². The van der Waals surface area contributed by atoms with Crippen molar-refractivity contribution >= 4 is 5.91 Å². The van der Waals surface area contributed by atoms with Crippen molar-refractivity contribution in [3.8, 4) is 5.75 Å². The molecule has 0 radical (unpaired) electrons. The Kier molecular flexibility index (Phi) is 4.74. The van der Waals surface area contributed by atoms with E-state index in [1.165, 1.54) is 12.1 Å². The molecule has 0 N–H and O–H groups in total. The van der Waals surface area contributed by atoms with Gasteiger partial charge in [-0.05, 0) is 30.7 Å². The zero-order chi connectivity index (χ0) is 13.7. The first-order valence-electron chi connectivity index (χ1n) is 6.38. The Morgan fingerprint density at radius 3 is 2.84 bits per heavy atom. The fraction of sp³-hybridized carbons (Fsp3) is 0.500. The van der Waals surface area contributed by atoms with E-state index in [4.69, 9.17) is 9.47 Å². The molecule has 1 aromatic carbocycles. The van der Waals surface area contributed by atoms with Crippen molar-refractivity contribution in [2.75, 3.05) is 33.4 Å². The van der Waals surface area contributed by atoms with Gasteiger partial charge in [-0.2, -0.15) is 0 Å². The van der Waals surface area contributed by atoms with Crippen LogP contribution in [-0.2, 0) is 9.53 Å². The third-order valence-electron chi connectivity index (χ3n) is 3.16. The fourth-order valence-electron chi connectivity index (χ4n) is 1.98. The molecule has 104 valence electrons. The summed E-state index contributed by atoms with van der Waals surface area (Å²) in [6.45, 7) is 2.08. The molecule has 0 bridgehead atoms. The highest BCUT2D eigenvalue weighted by molar-refractivity contribution is 5.78. The molecule has 0 saturated carbocycles. The minimum Gasteiger partial charge on any atom is -0.492 e. The van der Waals surface area contributed by atoms with E-state index >= 15 is 0 Å². The molecule has 1 aromatic rings. The Bertz CT molecular complexity index is 415. The molecule has 1 aliphatic heterocycles. The Balaban J connectivity index is 1.72. The monoisotopic (exact) mass is 267 g/mol. The molecular weight excluding hydrogens is 249 g/mol. The predicted octanol–water partition coefficient (Wildman–Crippen LogP) is 1.70. The minimum atomic E-state index is -0.291. The Labute approximate surface area is 112 Å². The topological polar surface area (TPSA) is 38.8 Å². The van der Waals surface area contributed by atoms with E-state index in [2.05, 4.69) is 0 Å².